The van der Waals surface area contributed by atoms with Gasteiger partial charge < -0.3 is 15.5 Å². The van der Waals surface area contributed by atoms with Crippen LogP contribution < -0.4 is 10.6 Å². The Balaban J connectivity index is 2.06. The van der Waals surface area contributed by atoms with Gasteiger partial charge in [-0.15, -0.1) is 0 Å². The summed E-state index contributed by atoms with van der Waals surface area (Å²) in [5.74, 6) is -0.0666. The van der Waals surface area contributed by atoms with Crippen molar-refractivity contribution in [3.63, 3.8) is 0 Å². The van der Waals surface area contributed by atoms with Crippen molar-refractivity contribution in [3.8, 4) is 0 Å². The summed E-state index contributed by atoms with van der Waals surface area (Å²) in [6.07, 6.45) is 1.58. The smallest absolute Gasteiger partial charge is 0.322 e. The van der Waals surface area contributed by atoms with Crippen LogP contribution in [0.25, 0.3) is 0 Å². The van der Waals surface area contributed by atoms with Gasteiger partial charge >= 0.3 is 6.03 Å². The molecule has 0 aliphatic carbocycles. The third-order valence-electron chi connectivity index (χ3n) is 3.72. The first-order chi connectivity index (χ1) is 10.4. The Labute approximate surface area is 132 Å². The minimum absolute atomic E-state index is 0.0666. The van der Waals surface area contributed by atoms with Crippen LogP contribution in [0, 0.1) is 13.8 Å². The van der Waals surface area contributed by atoms with E-state index in [0.29, 0.717) is 6.54 Å². The lowest BCUT2D eigenvalue weighted by Crippen LogP contribution is -2.48. The second-order valence-electron chi connectivity index (χ2n) is 6.32. The fraction of sp³-hybridized carbons (Fsp3) is 0.529. The summed E-state index contributed by atoms with van der Waals surface area (Å²) in [6, 6.07) is 5.44. The minimum Gasteiger partial charge on any atom is -0.352 e. The standard InChI is InChI=1S/C17H25N3O2/c1-11(2)18-16(21)15-6-5-7-20(15)17(22)19-14-9-12(3)8-13(4)10-14/h8-11,15H,5-7H2,1-4H3,(H,18,21)(H,19,22)/t15-/m0/s1. The molecule has 0 bridgehead atoms. The number of aryl methyl sites for hydroxylation is 2. The van der Waals surface area contributed by atoms with Gasteiger partial charge in [-0.1, -0.05) is 6.07 Å². The van der Waals surface area contributed by atoms with E-state index in [1.54, 1.807) is 4.90 Å². The maximum absolute atomic E-state index is 12.5. The van der Waals surface area contributed by atoms with Gasteiger partial charge in [0.1, 0.15) is 6.04 Å². The molecule has 0 aromatic heterocycles. The molecule has 0 spiro atoms. The van der Waals surface area contributed by atoms with Crippen LogP contribution in [-0.4, -0.2) is 35.5 Å². The van der Waals surface area contributed by atoms with Crippen LogP contribution in [0.5, 0.6) is 0 Å². The molecule has 1 aromatic carbocycles. The lowest BCUT2D eigenvalue weighted by molar-refractivity contribution is -0.125. The molecule has 1 aromatic rings. The van der Waals surface area contributed by atoms with Gasteiger partial charge in [0.25, 0.3) is 0 Å². The number of nitrogens with zero attached hydrogens (tertiary/aromatic N) is 1. The van der Waals surface area contributed by atoms with Gasteiger partial charge in [-0.25, -0.2) is 4.79 Å². The fourth-order valence-electron chi connectivity index (χ4n) is 2.91. The largest absolute Gasteiger partial charge is 0.352 e. The van der Waals surface area contributed by atoms with E-state index in [-0.39, 0.29) is 24.0 Å². The van der Waals surface area contributed by atoms with Crippen LogP contribution in [0.3, 0.4) is 0 Å². The quantitative estimate of drug-likeness (QED) is 0.902. The summed E-state index contributed by atoms with van der Waals surface area (Å²) < 4.78 is 0. The predicted octanol–water partition coefficient (Wildman–Crippen LogP) is 2.82. The molecule has 5 heteroatoms. The molecule has 22 heavy (non-hydrogen) atoms. The lowest BCUT2D eigenvalue weighted by Gasteiger charge is -2.25. The maximum atomic E-state index is 12.5. The number of carbonyl (C=O) groups is 2. The summed E-state index contributed by atoms with van der Waals surface area (Å²) in [5, 5.41) is 5.80. The number of anilines is 1. The van der Waals surface area contributed by atoms with E-state index in [4.69, 9.17) is 0 Å². The summed E-state index contributed by atoms with van der Waals surface area (Å²) in [7, 11) is 0. The number of benzene rings is 1. The van der Waals surface area contributed by atoms with Gasteiger partial charge in [-0.3, -0.25) is 4.79 Å². The number of likely N-dealkylation sites (tertiary alicyclic amines) is 1. The van der Waals surface area contributed by atoms with Gasteiger partial charge in [0.15, 0.2) is 0 Å². The zero-order valence-corrected chi connectivity index (χ0v) is 13.8. The average Bonchev–Trinajstić information content (AvgIpc) is 2.85. The van der Waals surface area contributed by atoms with Crippen molar-refractivity contribution in [2.75, 3.05) is 11.9 Å². The van der Waals surface area contributed by atoms with Gasteiger partial charge in [-0.05, 0) is 63.8 Å². The van der Waals surface area contributed by atoms with Crippen molar-refractivity contribution in [3.05, 3.63) is 29.3 Å². The van der Waals surface area contributed by atoms with E-state index < -0.39 is 0 Å². The first-order valence-electron chi connectivity index (χ1n) is 7.83. The second-order valence-corrected chi connectivity index (χ2v) is 6.32. The van der Waals surface area contributed by atoms with Crippen molar-refractivity contribution in [1.29, 1.82) is 0 Å². The molecule has 1 atom stereocenters. The predicted molar refractivity (Wildman–Crippen MR) is 87.9 cm³/mol. The number of nitrogens with one attached hydrogen (secondary N) is 2. The maximum Gasteiger partial charge on any atom is 0.322 e. The zero-order valence-electron chi connectivity index (χ0n) is 13.8. The van der Waals surface area contributed by atoms with E-state index in [1.165, 1.54) is 0 Å². The summed E-state index contributed by atoms with van der Waals surface area (Å²) in [6.45, 7) is 8.46. The summed E-state index contributed by atoms with van der Waals surface area (Å²) >= 11 is 0. The van der Waals surface area contributed by atoms with E-state index in [0.717, 1.165) is 29.7 Å². The van der Waals surface area contributed by atoms with Crippen LogP contribution in [0.4, 0.5) is 10.5 Å². The second kappa shape index (κ2) is 6.81. The first kappa shape index (κ1) is 16.3. The van der Waals surface area contributed by atoms with Gasteiger partial charge in [0.05, 0.1) is 0 Å². The Hall–Kier alpha value is -2.04. The van der Waals surface area contributed by atoms with Gasteiger partial charge in [-0.2, -0.15) is 0 Å². The molecule has 0 saturated carbocycles. The third-order valence-corrected chi connectivity index (χ3v) is 3.72. The Kier molecular flexibility index (Phi) is 5.06. The van der Waals surface area contributed by atoms with Crippen molar-refractivity contribution in [2.45, 2.75) is 52.6 Å². The monoisotopic (exact) mass is 303 g/mol. The number of carbonyl (C=O) groups excluding carboxylic acids is 2. The minimum atomic E-state index is -0.367. The molecule has 1 aliphatic rings. The molecular formula is C17H25N3O2. The Bertz CT molecular complexity index is 549. The van der Waals surface area contributed by atoms with Crippen LogP contribution >= 0.6 is 0 Å². The topological polar surface area (TPSA) is 61.4 Å². The number of amides is 3. The summed E-state index contributed by atoms with van der Waals surface area (Å²) in [4.78, 5) is 26.3. The number of hydrogen-bond acceptors (Lipinski definition) is 2. The molecule has 3 amide bonds. The van der Waals surface area contributed by atoms with Crippen molar-refractivity contribution < 1.29 is 9.59 Å². The van der Waals surface area contributed by atoms with Crippen LogP contribution in [0.2, 0.25) is 0 Å². The molecule has 1 fully saturated rings. The van der Waals surface area contributed by atoms with Crippen molar-refractivity contribution >= 4 is 17.6 Å². The normalized spacial score (nSPS) is 17.7. The molecule has 120 valence electrons. The molecular weight excluding hydrogens is 278 g/mol. The highest BCUT2D eigenvalue weighted by Crippen LogP contribution is 2.20. The third kappa shape index (κ3) is 4.00. The molecule has 2 N–H and O–H groups in total. The van der Waals surface area contributed by atoms with Crippen LogP contribution in [0.15, 0.2) is 18.2 Å². The highest BCUT2D eigenvalue weighted by molar-refractivity contribution is 5.94. The van der Waals surface area contributed by atoms with Crippen molar-refractivity contribution in [1.82, 2.24) is 10.2 Å². The fourth-order valence-corrected chi connectivity index (χ4v) is 2.91. The van der Waals surface area contributed by atoms with Gasteiger partial charge in [0.2, 0.25) is 5.91 Å². The zero-order chi connectivity index (χ0) is 16.3. The molecule has 1 aliphatic heterocycles. The molecule has 0 radical (unpaired) electrons. The number of hydrogen-bond donors (Lipinski definition) is 2. The van der Waals surface area contributed by atoms with E-state index in [2.05, 4.69) is 16.7 Å². The highest BCUT2D eigenvalue weighted by Gasteiger charge is 2.34. The first-order valence-corrected chi connectivity index (χ1v) is 7.83. The van der Waals surface area contributed by atoms with Crippen LogP contribution in [0.1, 0.15) is 37.8 Å². The molecule has 0 unspecified atom stereocenters. The molecule has 2 rings (SSSR count). The number of rotatable bonds is 3. The average molecular weight is 303 g/mol. The SMILES string of the molecule is Cc1cc(C)cc(NC(=O)N2CCC[C@H]2C(=O)NC(C)C)c1. The number of urea groups is 1. The molecule has 1 saturated heterocycles. The Morgan fingerprint density at radius 1 is 1.18 bits per heavy atom. The lowest BCUT2D eigenvalue weighted by atomic mass is 10.1. The van der Waals surface area contributed by atoms with E-state index in [9.17, 15) is 9.59 Å². The Morgan fingerprint density at radius 2 is 1.82 bits per heavy atom. The Morgan fingerprint density at radius 3 is 2.41 bits per heavy atom. The van der Waals surface area contributed by atoms with Gasteiger partial charge in [0, 0.05) is 18.3 Å². The van der Waals surface area contributed by atoms with E-state index >= 15 is 0 Å². The molecule has 5 nitrogen and oxygen atoms in total. The summed E-state index contributed by atoms with van der Waals surface area (Å²) in [5.41, 5.74) is 2.98. The molecule has 1 heterocycles. The van der Waals surface area contributed by atoms with Crippen LogP contribution in [-0.2, 0) is 4.79 Å². The van der Waals surface area contributed by atoms with Crippen molar-refractivity contribution in [2.24, 2.45) is 0 Å². The highest BCUT2D eigenvalue weighted by atomic mass is 16.2. The van der Waals surface area contributed by atoms with E-state index in [1.807, 2.05) is 39.8 Å².